The highest BCUT2D eigenvalue weighted by Gasteiger charge is 2.33. The Balaban J connectivity index is 1.69. The lowest BCUT2D eigenvalue weighted by molar-refractivity contribution is -0.137. The fourth-order valence-corrected chi connectivity index (χ4v) is 3.04. The van der Waals surface area contributed by atoms with Crippen molar-refractivity contribution in [2.45, 2.75) is 25.3 Å². The number of anilines is 1. The van der Waals surface area contributed by atoms with Crippen LogP contribution in [0.4, 0.5) is 23.2 Å². The summed E-state index contributed by atoms with van der Waals surface area (Å²) in [5, 5.41) is 9.30. The van der Waals surface area contributed by atoms with E-state index in [0.29, 0.717) is 25.6 Å². The van der Waals surface area contributed by atoms with Gasteiger partial charge in [-0.25, -0.2) is 9.18 Å². The zero-order valence-corrected chi connectivity index (χ0v) is 14.2. The number of hydrogen-bond donors (Lipinski definition) is 1. The van der Waals surface area contributed by atoms with Crippen LogP contribution in [0, 0.1) is 5.82 Å². The van der Waals surface area contributed by atoms with Crippen LogP contribution in [0.2, 0.25) is 0 Å². The largest absolute Gasteiger partial charge is 0.478 e. The molecule has 0 aliphatic carbocycles. The molecule has 0 radical (unpaired) electrons. The number of ether oxygens (including phenoxy) is 1. The van der Waals surface area contributed by atoms with E-state index in [-0.39, 0.29) is 29.8 Å². The second kappa shape index (κ2) is 7.56. The summed E-state index contributed by atoms with van der Waals surface area (Å²) < 4.78 is 57.2. The molecule has 3 rings (SSSR count). The highest BCUT2D eigenvalue weighted by molar-refractivity contribution is 5.94. The summed E-state index contributed by atoms with van der Waals surface area (Å²) in [6.07, 6.45) is -4.19. The number of alkyl halides is 3. The third kappa shape index (κ3) is 4.57. The maximum Gasteiger partial charge on any atom is 0.416 e. The van der Waals surface area contributed by atoms with E-state index in [9.17, 15) is 27.5 Å². The van der Waals surface area contributed by atoms with Crippen LogP contribution < -0.4 is 4.90 Å². The Labute approximate surface area is 153 Å². The van der Waals surface area contributed by atoms with Crippen molar-refractivity contribution in [3.63, 3.8) is 0 Å². The third-order valence-corrected chi connectivity index (χ3v) is 4.44. The molecule has 0 bridgehead atoms. The van der Waals surface area contributed by atoms with Crippen molar-refractivity contribution in [1.29, 1.82) is 0 Å². The highest BCUT2D eigenvalue weighted by atomic mass is 19.4. The fraction of sp³-hybridized carbons (Fsp3) is 0.316. The van der Waals surface area contributed by atoms with Crippen molar-refractivity contribution in [2.24, 2.45) is 0 Å². The lowest BCUT2D eigenvalue weighted by atomic mass is 10.1. The lowest BCUT2D eigenvalue weighted by Crippen LogP contribution is -2.25. The first-order valence-electron chi connectivity index (χ1n) is 8.29. The van der Waals surface area contributed by atoms with Gasteiger partial charge in [-0.1, -0.05) is 12.1 Å². The van der Waals surface area contributed by atoms with Crippen molar-refractivity contribution >= 4 is 11.7 Å². The van der Waals surface area contributed by atoms with Crippen molar-refractivity contribution < 1.29 is 32.2 Å². The number of benzene rings is 2. The molecule has 1 atom stereocenters. The quantitative estimate of drug-likeness (QED) is 0.781. The predicted octanol–water partition coefficient (Wildman–Crippen LogP) is 4.34. The molecule has 1 saturated heterocycles. The molecule has 144 valence electrons. The Morgan fingerprint density at radius 2 is 1.89 bits per heavy atom. The minimum atomic E-state index is -4.60. The first-order chi connectivity index (χ1) is 12.7. The SMILES string of the molecule is O=C(O)c1cc(C(F)(F)F)ccc1N1CC[C@H](OCc2ccc(F)cc2)C1. The molecule has 1 fully saturated rings. The van der Waals surface area contributed by atoms with E-state index in [2.05, 4.69) is 0 Å². The van der Waals surface area contributed by atoms with Crippen LogP contribution >= 0.6 is 0 Å². The molecular formula is C19H17F4NO3. The number of carboxylic acids is 1. The highest BCUT2D eigenvalue weighted by Crippen LogP contribution is 2.34. The number of hydrogen-bond acceptors (Lipinski definition) is 3. The molecule has 27 heavy (non-hydrogen) atoms. The van der Waals surface area contributed by atoms with Crippen LogP contribution in [0.25, 0.3) is 0 Å². The first-order valence-corrected chi connectivity index (χ1v) is 8.29. The van der Waals surface area contributed by atoms with Crippen molar-refractivity contribution in [2.75, 3.05) is 18.0 Å². The smallest absolute Gasteiger partial charge is 0.416 e. The van der Waals surface area contributed by atoms with Gasteiger partial charge < -0.3 is 14.7 Å². The topological polar surface area (TPSA) is 49.8 Å². The van der Waals surface area contributed by atoms with Crippen molar-refractivity contribution in [3.8, 4) is 0 Å². The molecule has 0 amide bonds. The van der Waals surface area contributed by atoms with Crippen molar-refractivity contribution in [1.82, 2.24) is 0 Å². The van der Waals surface area contributed by atoms with E-state index >= 15 is 0 Å². The van der Waals surface area contributed by atoms with E-state index in [0.717, 1.165) is 11.6 Å². The number of carboxylic acid groups (broad SMARTS) is 1. The maximum absolute atomic E-state index is 12.9. The average molecular weight is 383 g/mol. The molecule has 2 aromatic carbocycles. The van der Waals surface area contributed by atoms with Gasteiger partial charge in [-0.2, -0.15) is 13.2 Å². The molecule has 0 spiro atoms. The van der Waals surface area contributed by atoms with Crippen LogP contribution in [-0.2, 0) is 17.5 Å². The van der Waals surface area contributed by atoms with Gasteiger partial charge in [-0.05, 0) is 42.3 Å². The van der Waals surface area contributed by atoms with Gasteiger partial charge in [0, 0.05) is 13.1 Å². The van der Waals surface area contributed by atoms with Crippen LogP contribution in [0.15, 0.2) is 42.5 Å². The standard InChI is InChI=1S/C19H17F4NO3/c20-14-4-1-12(2-5-14)11-27-15-7-8-24(10-15)17-6-3-13(19(21,22)23)9-16(17)18(25)26/h1-6,9,15H,7-8,10-11H2,(H,25,26)/t15-/m0/s1. The van der Waals surface area contributed by atoms with Crippen LogP contribution in [-0.4, -0.2) is 30.3 Å². The lowest BCUT2D eigenvalue weighted by Gasteiger charge is -2.22. The van der Waals surface area contributed by atoms with Crippen molar-refractivity contribution in [3.05, 3.63) is 65.0 Å². The zero-order valence-electron chi connectivity index (χ0n) is 14.2. The van der Waals surface area contributed by atoms with Gasteiger partial charge in [0.2, 0.25) is 0 Å². The first kappa shape index (κ1) is 19.2. The van der Waals surface area contributed by atoms with Crippen LogP contribution in [0.5, 0.6) is 0 Å². The van der Waals surface area contributed by atoms with E-state index in [1.165, 1.54) is 18.2 Å². The zero-order chi connectivity index (χ0) is 19.6. The average Bonchev–Trinajstić information content (AvgIpc) is 3.09. The Morgan fingerprint density at radius 1 is 1.19 bits per heavy atom. The van der Waals surface area contributed by atoms with E-state index < -0.39 is 17.7 Å². The van der Waals surface area contributed by atoms with Gasteiger partial charge in [0.15, 0.2) is 0 Å². The normalized spacial score (nSPS) is 17.3. The number of nitrogens with zero attached hydrogens (tertiary/aromatic N) is 1. The summed E-state index contributed by atoms with van der Waals surface area (Å²) in [5.41, 5.74) is -0.338. The van der Waals surface area contributed by atoms with Gasteiger partial charge in [-0.15, -0.1) is 0 Å². The molecule has 2 aromatic rings. The Kier molecular flexibility index (Phi) is 5.36. The van der Waals surface area contributed by atoms with Gasteiger partial charge in [0.25, 0.3) is 0 Å². The molecule has 1 heterocycles. The number of halogens is 4. The second-order valence-electron chi connectivity index (χ2n) is 6.33. The molecule has 1 aliphatic rings. The molecule has 1 N–H and O–H groups in total. The molecule has 4 nitrogen and oxygen atoms in total. The summed E-state index contributed by atoms with van der Waals surface area (Å²) >= 11 is 0. The molecular weight excluding hydrogens is 366 g/mol. The molecule has 8 heteroatoms. The predicted molar refractivity (Wildman–Crippen MR) is 90.2 cm³/mol. The number of aromatic carboxylic acids is 1. The third-order valence-electron chi connectivity index (χ3n) is 4.44. The van der Waals surface area contributed by atoms with Gasteiger partial charge >= 0.3 is 12.1 Å². The van der Waals surface area contributed by atoms with Gasteiger partial charge in [0.1, 0.15) is 5.82 Å². The Morgan fingerprint density at radius 3 is 2.52 bits per heavy atom. The summed E-state index contributed by atoms with van der Waals surface area (Å²) in [6, 6.07) is 8.62. The summed E-state index contributed by atoms with van der Waals surface area (Å²) in [7, 11) is 0. The molecule has 0 unspecified atom stereocenters. The summed E-state index contributed by atoms with van der Waals surface area (Å²) in [4.78, 5) is 13.1. The minimum absolute atomic E-state index is 0.195. The fourth-order valence-electron chi connectivity index (χ4n) is 3.04. The van der Waals surface area contributed by atoms with Crippen LogP contribution in [0.1, 0.15) is 27.9 Å². The van der Waals surface area contributed by atoms with E-state index in [1.807, 2.05) is 0 Å². The van der Waals surface area contributed by atoms with Crippen LogP contribution in [0.3, 0.4) is 0 Å². The maximum atomic E-state index is 12.9. The van der Waals surface area contributed by atoms with E-state index in [4.69, 9.17) is 4.74 Å². The Hall–Kier alpha value is -2.61. The Bertz CT molecular complexity index is 821. The van der Waals surface area contributed by atoms with E-state index in [1.54, 1.807) is 17.0 Å². The monoisotopic (exact) mass is 383 g/mol. The second-order valence-corrected chi connectivity index (χ2v) is 6.33. The number of carbonyl (C=O) groups is 1. The molecule has 0 saturated carbocycles. The van der Waals surface area contributed by atoms with Gasteiger partial charge in [-0.3, -0.25) is 0 Å². The molecule has 0 aromatic heterocycles. The molecule has 1 aliphatic heterocycles. The summed E-state index contributed by atoms with van der Waals surface area (Å²) in [6.45, 7) is 1.12. The number of rotatable bonds is 5. The van der Waals surface area contributed by atoms with Gasteiger partial charge in [0.05, 0.1) is 29.5 Å². The minimum Gasteiger partial charge on any atom is -0.478 e. The summed E-state index contributed by atoms with van der Waals surface area (Å²) in [5.74, 6) is -1.75.